The highest BCUT2D eigenvalue weighted by Crippen LogP contribution is 2.28. The van der Waals surface area contributed by atoms with Crippen LogP contribution in [0.2, 0.25) is 5.02 Å². The first kappa shape index (κ1) is 15.2. The van der Waals surface area contributed by atoms with Crippen LogP contribution in [0, 0.1) is 0 Å². The molecule has 0 radical (unpaired) electrons. The van der Waals surface area contributed by atoms with Crippen LogP contribution in [0.1, 0.15) is 23.7 Å². The van der Waals surface area contributed by atoms with Gasteiger partial charge in [-0.1, -0.05) is 30.7 Å². The number of amides is 1. The molecule has 110 valence electrons. The van der Waals surface area contributed by atoms with Gasteiger partial charge >= 0.3 is 0 Å². The minimum atomic E-state index is -0.324. The largest absolute Gasteiger partial charge is 0.507 e. The van der Waals surface area contributed by atoms with Crippen LogP contribution in [-0.2, 0) is 0 Å². The molecule has 0 fully saturated rings. The van der Waals surface area contributed by atoms with Crippen LogP contribution in [0.5, 0.6) is 5.75 Å². The smallest absolute Gasteiger partial charge is 0.262 e. The summed E-state index contributed by atoms with van der Waals surface area (Å²) < 4.78 is 0. The summed E-state index contributed by atoms with van der Waals surface area (Å²) in [6.07, 6.45) is 0.765. The van der Waals surface area contributed by atoms with Crippen LogP contribution in [0.25, 0.3) is 0 Å². The van der Waals surface area contributed by atoms with Crippen molar-refractivity contribution in [2.45, 2.75) is 13.3 Å². The number of rotatable bonds is 4. The number of phenols is 1. The van der Waals surface area contributed by atoms with Gasteiger partial charge in [0, 0.05) is 11.6 Å². The molecule has 0 spiro atoms. The number of para-hydroxylation sites is 2. The molecule has 0 aliphatic carbocycles. The third-order valence-electron chi connectivity index (χ3n) is 3.11. The normalized spacial score (nSPS) is 10.4. The monoisotopic (exact) mass is 304 g/mol. The molecule has 0 aromatic heterocycles. The van der Waals surface area contributed by atoms with Gasteiger partial charge in [-0.15, -0.1) is 0 Å². The zero-order valence-corrected chi connectivity index (χ0v) is 12.5. The van der Waals surface area contributed by atoms with Crippen molar-refractivity contribution in [2.75, 3.05) is 17.2 Å². The predicted molar refractivity (Wildman–Crippen MR) is 85.9 cm³/mol. The first-order valence-electron chi connectivity index (χ1n) is 6.69. The molecule has 0 atom stereocenters. The van der Waals surface area contributed by atoms with Crippen molar-refractivity contribution >= 4 is 28.9 Å². The molecule has 1 amide bonds. The topological polar surface area (TPSA) is 66.6 Å². The molecule has 4 nitrogen and oxygen atoms in total. The van der Waals surface area contributed by atoms with Crippen molar-refractivity contribution in [3.63, 3.8) is 0 Å². The van der Waals surface area contributed by atoms with Crippen LogP contribution >= 0.6 is 11.6 Å². The Morgan fingerprint density at radius 2 is 2.00 bits per heavy atom. The minimum absolute atomic E-state index is 0.0972. The first-order valence-corrected chi connectivity index (χ1v) is 7.07. The van der Waals surface area contributed by atoms with Gasteiger partial charge in [0.1, 0.15) is 5.75 Å². The number of nitrogens with zero attached hydrogens (tertiary/aromatic N) is 1. The van der Waals surface area contributed by atoms with Gasteiger partial charge in [0.25, 0.3) is 5.91 Å². The van der Waals surface area contributed by atoms with E-state index in [0.29, 0.717) is 22.9 Å². The molecule has 2 aromatic carbocycles. The van der Waals surface area contributed by atoms with Crippen molar-refractivity contribution in [1.29, 1.82) is 0 Å². The van der Waals surface area contributed by atoms with Crippen molar-refractivity contribution < 1.29 is 9.90 Å². The van der Waals surface area contributed by atoms with Crippen molar-refractivity contribution in [3.8, 4) is 5.75 Å². The van der Waals surface area contributed by atoms with Crippen LogP contribution in [-0.4, -0.2) is 17.6 Å². The molecule has 0 saturated carbocycles. The van der Waals surface area contributed by atoms with Crippen molar-refractivity contribution in [1.82, 2.24) is 0 Å². The second-order valence-corrected chi connectivity index (χ2v) is 5.11. The van der Waals surface area contributed by atoms with Gasteiger partial charge in [0.2, 0.25) is 0 Å². The third-order valence-corrected chi connectivity index (χ3v) is 3.34. The molecule has 0 heterocycles. The molecule has 0 aliphatic heterocycles. The highest BCUT2D eigenvalue weighted by Gasteiger charge is 2.21. The van der Waals surface area contributed by atoms with Gasteiger partial charge in [0.15, 0.2) is 0 Å². The summed E-state index contributed by atoms with van der Waals surface area (Å²) in [6.45, 7) is 2.47. The van der Waals surface area contributed by atoms with Gasteiger partial charge in [-0.05, 0) is 36.8 Å². The number of carbonyl (C=O) groups excluding carboxylic acids is 1. The number of benzene rings is 2. The Labute approximate surface area is 128 Å². The van der Waals surface area contributed by atoms with E-state index in [9.17, 15) is 9.90 Å². The fourth-order valence-electron chi connectivity index (χ4n) is 2.11. The van der Waals surface area contributed by atoms with Crippen molar-refractivity contribution in [3.05, 3.63) is 53.1 Å². The number of hydrogen-bond acceptors (Lipinski definition) is 3. The maximum atomic E-state index is 12.7. The second kappa shape index (κ2) is 6.50. The molecule has 5 heteroatoms. The lowest BCUT2D eigenvalue weighted by Gasteiger charge is -2.24. The van der Waals surface area contributed by atoms with E-state index in [1.54, 1.807) is 17.0 Å². The maximum Gasteiger partial charge on any atom is 0.262 e. The van der Waals surface area contributed by atoms with E-state index in [2.05, 4.69) is 0 Å². The van der Waals surface area contributed by atoms with E-state index in [1.165, 1.54) is 18.2 Å². The third kappa shape index (κ3) is 3.28. The molecule has 2 rings (SSSR count). The number of carbonyl (C=O) groups is 1. The zero-order valence-electron chi connectivity index (χ0n) is 11.7. The summed E-state index contributed by atoms with van der Waals surface area (Å²) in [4.78, 5) is 14.3. The van der Waals surface area contributed by atoms with E-state index >= 15 is 0 Å². The van der Waals surface area contributed by atoms with Crippen LogP contribution in [0.4, 0.5) is 11.4 Å². The van der Waals surface area contributed by atoms with Crippen LogP contribution < -0.4 is 10.6 Å². The number of hydrogen-bond donors (Lipinski definition) is 2. The zero-order chi connectivity index (χ0) is 15.4. The number of anilines is 2. The average Bonchev–Trinajstić information content (AvgIpc) is 2.47. The number of nitrogen functional groups attached to an aromatic ring is 1. The maximum absolute atomic E-state index is 12.7. The molecule has 0 aliphatic rings. The highest BCUT2D eigenvalue weighted by molar-refractivity contribution is 6.31. The molecule has 21 heavy (non-hydrogen) atoms. The summed E-state index contributed by atoms with van der Waals surface area (Å²) >= 11 is 5.91. The van der Waals surface area contributed by atoms with E-state index in [-0.39, 0.29) is 17.2 Å². The molecule has 0 unspecified atom stereocenters. The lowest BCUT2D eigenvalue weighted by Crippen LogP contribution is -2.32. The Bertz CT molecular complexity index is 658. The Hall–Kier alpha value is -2.20. The summed E-state index contributed by atoms with van der Waals surface area (Å²) in [5, 5.41) is 10.3. The van der Waals surface area contributed by atoms with Crippen LogP contribution in [0.3, 0.4) is 0 Å². The SMILES string of the molecule is CCCN(C(=O)c1cc(Cl)ccc1O)c1ccccc1N. The number of nitrogens with two attached hydrogens (primary N) is 1. The molecule has 3 N–H and O–H groups in total. The Kier molecular flexibility index (Phi) is 4.70. The number of aromatic hydroxyl groups is 1. The van der Waals surface area contributed by atoms with Crippen LogP contribution in [0.15, 0.2) is 42.5 Å². The predicted octanol–water partition coefficient (Wildman–Crippen LogP) is 3.68. The Morgan fingerprint density at radius 3 is 2.67 bits per heavy atom. The summed E-state index contributed by atoms with van der Waals surface area (Å²) in [5.41, 5.74) is 7.26. The molecule has 0 saturated heterocycles. The average molecular weight is 305 g/mol. The van der Waals surface area contributed by atoms with Gasteiger partial charge in [-0.25, -0.2) is 0 Å². The summed E-state index contributed by atoms with van der Waals surface area (Å²) in [6, 6.07) is 11.6. The molecule has 0 bridgehead atoms. The molecule has 2 aromatic rings. The summed E-state index contributed by atoms with van der Waals surface area (Å²) in [7, 11) is 0. The van der Waals surface area contributed by atoms with Gasteiger partial charge in [0.05, 0.1) is 16.9 Å². The highest BCUT2D eigenvalue weighted by atomic mass is 35.5. The molecular formula is C16H17ClN2O2. The van der Waals surface area contributed by atoms with Gasteiger partial charge in [-0.3, -0.25) is 4.79 Å². The summed E-state index contributed by atoms with van der Waals surface area (Å²) in [5.74, 6) is -0.422. The Balaban J connectivity index is 2.45. The minimum Gasteiger partial charge on any atom is -0.507 e. The van der Waals surface area contributed by atoms with E-state index in [1.807, 2.05) is 19.1 Å². The second-order valence-electron chi connectivity index (χ2n) is 4.68. The van der Waals surface area contributed by atoms with E-state index in [0.717, 1.165) is 6.42 Å². The number of halogens is 1. The first-order chi connectivity index (χ1) is 10.0. The molecular weight excluding hydrogens is 288 g/mol. The lowest BCUT2D eigenvalue weighted by atomic mass is 10.1. The van der Waals surface area contributed by atoms with E-state index in [4.69, 9.17) is 17.3 Å². The van der Waals surface area contributed by atoms with E-state index < -0.39 is 0 Å². The van der Waals surface area contributed by atoms with Gasteiger partial charge < -0.3 is 15.7 Å². The number of phenolic OH excluding ortho intramolecular Hbond substituents is 1. The fraction of sp³-hybridized carbons (Fsp3) is 0.188. The lowest BCUT2D eigenvalue weighted by molar-refractivity contribution is 0.0984. The van der Waals surface area contributed by atoms with Gasteiger partial charge in [-0.2, -0.15) is 0 Å². The quantitative estimate of drug-likeness (QED) is 0.847. The Morgan fingerprint density at radius 1 is 1.29 bits per heavy atom. The standard InChI is InChI=1S/C16H17ClN2O2/c1-2-9-19(14-6-4-3-5-13(14)18)16(21)12-10-11(17)7-8-15(12)20/h3-8,10,20H,2,9,18H2,1H3. The van der Waals surface area contributed by atoms with Crippen molar-refractivity contribution in [2.24, 2.45) is 0 Å². The fourth-order valence-corrected chi connectivity index (χ4v) is 2.29.